The highest BCUT2D eigenvalue weighted by molar-refractivity contribution is 9.10. The van der Waals surface area contributed by atoms with Crippen LogP contribution in [0.15, 0.2) is 108 Å². The van der Waals surface area contributed by atoms with Crippen LogP contribution in [0.3, 0.4) is 0 Å². The van der Waals surface area contributed by atoms with Crippen molar-refractivity contribution in [3.63, 3.8) is 0 Å². The Morgan fingerprint density at radius 1 is 0.636 bits per heavy atom. The molecule has 0 bridgehead atoms. The zero-order chi connectivity index (χ0) is 22.4. The van der Waals surface area contributed by atoms with Crippen LogP contribution in [0.5, 0.6) is 0 Å². The van der Waals surface area contributed by atoms with Gasteiger partial charge in [0, 0.05) is 10.5 Å². The van der Waals surface area contributed by atoms with E-state index in [1.807, 2.05) is 6.08 Å². The summed E-state index contributed by atoms with van der Waals surface area (Å²) in [5, 5.41) is 16.8. The number of hydrogen-bond donors (Lipinski definition) is 0. The summed E-state index contributed by atoms with van der Waals surface area (Å²) in [6.07, 6.45) is 3.42. The fourth-order valence-electron chi connectivity index (χ4n) is 4.86. The van der Waals surface area contributed by atoms with E-state index >= 15 is 0 Å². The molecule has 0 aromatic heterocycles. The monoisotopic (exact) mass is 483 g/mol. The lowest BCUT2D eigenvalue weighted by atomic mass is 9.88. The topological polar surface area (TPSA) is 23.8 Å². The summed E-state index contributed by atoms with van der Waals surface area (Å²) in [5.41, 5.74) is 5.64. The molecule has 0 atom stereocenters. The summed E-state index contributed by atoms with van der Waals surface area (Å²) in [5.74, 6) is 0. The Balaban J connectivity index is 1.62. The minimum atomic E-state index is 1.03. The second kappa shape index (κ2) is 7.89. The third-order valence-electron chi connectivity index (χ3n) is 6.39. The standard InChI is InChI=1S/C31H18BrN/c32-26-14-10-21(11-15-26)29-19-25(9-6-20(29)5-2-18-33)27-16-12-24-8-7-22-3-1-4-23-13-17-28(27)31(24)30(22)23/h1-17,19H. The summed E-state index contributed by atoms with van der Waals surface area (Å²) in [7, 11) is 0. The van der Waals surface area contributed by atoms with Crippen molar-refractivity contribution in [1.82, 2.24) is 0 Å². The molecule has 0 fully saturated rings. The molecule has 0 saturated carbocycles. The maximum absolute atomic E-state index is 9.07. The van der Waals surface area contributed by atoms with E-state index in [0.29, 0.717) is 0 Å². The van der Waals surface area contributed by atoms with Crippen molar-refractivity contribution in [3.05, 3.63) is 113 Å². The summed E-state index contributed by atoms with van der Waals surface area (Å²) in [4.78, 5) is 0. The first kappa shape index (κ1) is 19.7. The molecule has 0 radical (unpaired) electrons. The van der Waals surface area contributed by atoms with Gasteiger partial charge in [0.15, 0.2) is 0 Å². The Bertz CT molecular complexity index is 1700. The van der Waals surface area contributed by atoms with Crippen LogP contribution in [-0.4, -0.2) is 0 Å². The number of allylic oxidation sites excluding steroid dienone is 1. The molecule has 0 heterocycles. The SMILES string of the molecule is N#CC=Cc1ccc(-c2ccc3ccc4cccc5ccc2c3c45)cc1-c1ccc(Br)cc1. The van der Waals surface area contributed by atoms with E-state index in [4.69, 9.17) is 5.26 Å². The van der Waals surface area contributed by atoms with Crippen LogP contribution >= 0.6 is 15.9 Å². The highest BCUT2D eigenvalue weighted by Crippen LogP contribution is 2.40. The molecule has 6 aromatic rings. The van der Waals surface area contributed by atoms with Crippen LogP contribution in [0.25, 0.3) is 60.6 Å². The van der Waals surface area contributed by atoms with Crippen molar-refractivity contribution in [2.24, 2.45) is 0 Å². The molecule has 1 nitrogen and oxygen atoms in total. The Labute approximate surface area is 200 Å². The maximum atomic E-state index is 9.07. The second-order valence-electron chi connectivity index (χ2n) is 8.24. The molecule has 0 amide bonds. The van der Waals surface area contributed by atoms with Gasteiger partial charge in [-0.15, -0.1) is 0 Å². The Morgan fingerprint density at radius 2 is 1.30 bits per heavy atom. The van der Waals surface area contributed by atoms with Crippen molar-refractivity contribution in [2.75, 3.05) is 0 Å². The predicted octanol–water partition coefficient (Wildman–Crippen LogP) is 9.22. The molecule has 0 aliphatic carbocycles. The quantitative estimate of drug-likeness (QED) is 0.181. The van der Waals surface area contributed by atoms with Crippen LogP contribution in [0.2, 0.25) is 0 Å². The summed E-state index contributed by atoms with van der Waals surface area (Å²) >= 11 is 3.53. The predicted molar refractivity (Wildman–Crippen MR) is 143 cm³/mol. The molecule has 6 aromatic carbocycles. The van der Waals surface area contributed by atoms with Gasteiger partial charge >= 0.3 is 0 Å². The molecule has 0 saturated heterocycles. The van der Waals surface area contributed by atoms with E-state index in [1.165, 1.54) is 49.5 Å². The highest BCUT2D eigenvalue weighted by Gasteiger charge is 2.13. The zero-order valence-electron chi connectivity index (χ0n) is 17.7. The number of rotatable bonds is 3. The van der Waals surface area contributed by atoms with E-state index in [-0.39, 0.29) is 0 Å². The minimum absolute atomic E-state index is 1.03. The Hall–Kier alpha value is -3.93. The first-order chi connectivity index (χ1) is 16.2. The first-order valence-corrected chi connectivity index (χ1v) is 11.7. The van der Waals surface area contributed by atoms with Gasteiger partial charge < -0.3 is 0 Å². The van der Waals surface area contributed by atoms with E-state index < -0.39 is 0 Å². The van der Waals surface area contributed by atoms with Crippen molar-refractivity contribution in [2.45, 2.75) is 0 Å². The van der Waals surface area contributed by atoms with Gasteiger partial charge in [-0.05, 0) is 84.4 Å². The van der Waals surface area contributed by atoms with Gasteiger partial charge in [-0.3, -0.25) is 0 Å². The molecule has 0 aliphatic heterocycles. The number of halogens is 1. The number of nitriles is 1. The molecule has 0 unspecified atom stereocenters. The van der Waals surface area contributed by atoms with Gasteiger partial charge in [-0.1, -0.05) is 94.8 Å². The maximum Gasteiger partial charge on any atom is 0.0912 e. The van der Waals surface area contributed by atoms with Crippen LogP contribution in [-0.2, 0) is 0 Å². The van der Waals surface area contributed by atoms with E-state index in [1.54, 1.807) is 0 Å². The molecule has 2 heteroatoms. The first-order valence-electron chi connectivity index (χ1n) is 10.9. The average Bonchev–Trinajstić information content (AvgIpc) is 2.86. The third kappa shape index (κ3) is 3.30. The third-order valence-corrected chi connectivity index (χ3v) is 6.91. The van der Waals surface area contributed by atoms with Gasteiger partial charge in [0.2, 0.25) is 0 Å². The fourth-order valence-corrected chi connectivity index (χ4v) is 5.13. The van der Waals surface area contributed by atoms with E-state index in [2.05, 4.69) is 119 Å². The molecular weight excluding hydrogens is 466 g/mol. The molecule has 154 valence electrons. The van der Waals surface area contributed by atoms with Crippen molar-refractivity contribution in [1.29, 1.82) is 5.26 Å². The van der Waals surface area contributed by atoms with Gasteiger partial charge in [0.25, 0.3) is 0 Å². The number of benzene rings is 6. The molecule has 33 heavy (non-hydrogen) atoms. The van der Waals surface area contributed by atoms with Gasteiger partial charge in [-0.25, -0.2) is 0 Å². The smallest absolute Gasteiger partial charge is 0.0912 e. The van der Waals surface area contributed by atoms with Crippen molar-refractivity contribution < 1.29 is 0 Å². The van der Waals surface area contributed by atoms with Gasteiger partial charge in [-0.2, -0.15) is 5.26 Å². The van der Waals surface area contributed by atoms with Crippen molar-refractivity contribution >= 4 is 54.3 Å². The molecule has 0 spiro atoms. The van der Waals surface area contributed by atoms with Crippen LogP contribution in [0.1, 0.15) is 5.56 Å². The Morgan fingerprint density at radius 3 is 2.06 bits per heavy atom. The van der Waals surface area contributed by atoms with Crippen LogP contribution in [0, 0.1) is 11.3 Å². The highest BCUT2D eigenvalue weighted by atomic mass is 79.9. The summed E-state index contributed by atoms with van der Waals surface area (Å²) in [6, 6.07) is 36.8. The van der Waals surface area contributed by atoms with Crippen LogP contribution in [0.4, 0.5) is 0 Å². The van der Waals surface area contributed by atoms with E-state index in [9.17, 15) is 0 Å². The largest absolute Gasteiger partial charge is 0.193 e. The lowest BCUT2D eigenvalue weighted by Gasteiger charge is -2.15. The summed E-state index contributed by atoms with van der Waals surface area (Å²) < 4.78 is 1.04. The van der Waals surface area contributed by atoms with Crippen LogP contribution < -0.4 is 0 Å². The lowest BCUT2D eigenvalue weighted by Crippen LogP contribution is -1.89. The minimum Gasteiger partial charge on any atom is -0.193 e. The van der Waals surface area contributed by atoms with Gasteiger partial charge in [0.05, 0.1) is 6.07 Å². The number of nitrogens with zero attached hydrogens (tertiary/aromatic N) is 1. The van der Waals surface area contributed by atoms with Crippen molar-refractivity contribution in [3.8, 4) is 28.3 Å². The molecule has 6 rings (SSSR count). The lowest BCUT2D eigenvalue weighted by molar-refractivity contribution is 1.53. The normalized spacial score (nSPS) is 11.6. The summed E-state index contributed by atoms with van der Waals surface area (Å²) in [6.45, 7) is 0. The van der Waals surface area contributed by atoms with Gasteiger partial charge in [0.1, 0.15) is 0 Å². The van der Waals surface area contributed by atoms with E-state index in [0.717, 1.165) is 21.2 Å². The molecule has 0 aliphatic rings. The Kier molecular flexibility index (Phi) is 4.72. The number of hydrogen-bond acceptors (Lipinski definition) is 1. The second-order valence-corrected chi connectivity index (χ2v) is 9.16. The molecular formula is C31H18BrN. The zero-order valence-corrected chi connectivity index (χ0v) is 19.3. The average molecular weight is 484 g/mol. The fraction of sp³-hybridized carbons (Fsp3) is 0. The molecule has 0 N–H and O–H groups in total.